The smallest absolute Gasteiger partial charge is 0.223 e. The van der Waals surface area contributed by atoms with E-state index in [1.807, 2.05) is 0 Å². The van der Waals surface area contributed by atoms with Gasteiger partial charge in [-0.3, -0.25) is 10.1 Å². The Balaban J connectivity index is 2.74. The molecule has 0 atom stereocenters. The minimum atomic E-state index is -0.153. The molecule has 1 aromatic heterocycles. The molecular formula is C6H8N2O2. The summed E-state index contributed by atoms with van der Waals surface area (Å²) in [4.78, 5) is 14.3. The molecule has 0 aromatic carbocycles. The molecule has 0 bridgehead atoms. The average molecular weight is 140 g/mol. The van der Waals surface area contributed by atoms with Crippen LogP contribution in [0.1, 0.15) is 12.6 Å². The highest BCUT2D eigenvalue weighted by Crippen LogP contribution is 2.10. The molecule has 0 unspecified atom stereocenters. The lowest BCUT2D eigenvalue weighted by Crippen LogP contribution is -2.05. The molecule has 54 valence electrons. The van der Waals surface area contributed by atoms with E-state index in [0.29, 0.717) is 11.6 Å². The SMILES string of the molecule is CC(=O)Nc1ocnc1C. The van der Waals surface area contributed by atoms with E-state index in [-0.39, 0.29) is 5.91 Å². The van der Waals surface area contributed by atoms with E-state index in [1.54, 1.807) is 6.92 Å². The maximum Gasteiger partial charge on any atom is 0.223 e. The highest BCUT2D eigenvalue weighted by Gasteiger charge is 2.02. The van der Waals surface area contributed by atoms with Crippen LogP contribution in [0, 0.1) is 6.92 Å². The van der Waals surface area contributed by atoms with Crippen LogP contribution in [0.25, 0.3) is 0 Å². The molecule has 0 aliphatic heterocycles. The summed E-state index contributed by atoms with van der Waals surface area (Å²) in [7, 11) is 0. The molecular weight excluding hydrogens is 132 g/mol. The van der Waals surface area contributed by atoms with Gasteiger partial charge in [-0.1, -0.05) is 0 Å². The molecule has 1 amide bonds. The van der Waals surface area contributed by atoms with E-state index in [4.69, 9.17) is 4.42 Å². The van der Waals surface area contributed by atoms with Crippen molar-refractivity contribution in [3.05, 3.63) is 12.1 Å². The van der Waals surface area contributed by atoms with Gasteiger partial charge in [-0.15, -0.1) is 0 Å². The molecule has 0 fully saturated rings. The van der Waals surface area contributed by atoms with E-state index in [2.05, 4.69) is 10.3 Å². The van der Waals surface area contributed by atoms with Gasteiger partial charge >= 0.3 is 0 Å². The van der Waals surface area contributed by atoms with Gasteiger partial charge in [0, 0.05) is 6.92 Å². The van der Waals surface area contributed by atoms with Gasteiger partial charge < -0.3 is 4.42 Å². The van der Waals surface area contributed by atoms with E-state index in [9.17, 15) is 4.79 Å². The van der Waals surface area contributed by atoms with Crippen molar-refractivity contribution in [3.63, 3.8) is 0 Å². The molecule has 0 aliphatic carbocycles. The van der Waals surface area contributed by atoms with E-state index in [1.165, 1.54) is 13.3 Å². The number of rotatable bonds is 1. The van der Waals surface area contributed by atoms with Crippen molar-refractivity contribution in [1.29, 1.82) is 0 Å². The maximum atomic E-state index is 10.5. The summed E-state index contributed by atoms with van der Waals surface area (Å²) in [5, 5.41) is 2.48. The van der Waals surface area contributed by atoms with Gasteiger partial charge in [0.1, 0.15) is 5.69 Å². The second kappa shape index (κ2) is 2.51. The number of anilines is 1. The second-order valence-corrected chi connectivity index (χ2v) is 1.95. The van der Waals surface area contributed by atoms with Gasteiger partial charge in [-0.25, -0.2) is 4.98 Å². The van der Waals surface area contributed by atoms with Crippen molar-refractivity contribution in [3.8, 4) is 0 Å². The molecule has 0 saturated heterocycles. The molecule has 10 heavy (non-hydrogen) atoms. The van der Waals surface area contributed by atoms with Crippen LogP contribution in [-0.2, 0) is 4.79 Å². The van der Waals surface area contributed by atoms with Gasteiger partial charge in [0.05, 0.1) is 0 Å². The fourth-order valence-corrected chi connectivity index (χ4v) is 0.582. The summed E-state index contributed by atoms with van der Waals surface area (Å²) < 4.78 is 4.83. The second-order valence-electron chi connectivity index (χ2n) is 1.95. The lowest BCUT2D eigenvalue weighted by Gasteiger charge is -1.94. The third-order valence-electron chi connectivity index (χ3n) is 1.04. The lowest BCUT2D eigenvalue weighted by atomic mass is 10.5. The Hall–Kier alpha value is -1.32. The van der Waals surface area contributed by atoms with Crippen molar-refractivity contribution in [1.82, 2.24) is 4.98 Å². The molecule has 1 rings (SSSR count). The van der Waals surface area contributed by atoms with Crippen molar-refractivity contribution in [2.45, 2.75) is 13.8 Å². The monoisotopic (exact) mass is 140 g/mol. The summed E-state index contributed by atoms with van der Waals surface area (Å²) in [5.41, 5.74) is 0.690. The number of carbonyl (C=O) groups is 1. The molecule has 0 aliphatic rings. The van der Waals surface area contributed by atoms with Crippen LogP contribution in [0.5, 0.6) is 0 Å². The number of nitrogens with one attached hydrogen (secondary N) is 1. The van der Waals surface area contributed by atoms with E-state index in [0.717, 1.165) is 0 Å². The predicted molar refractivity (Wildman–Crippen MR) is 35.5 cm³/mol. The van der Waals surface area contributed by atoms with Crippen LogP contribution in [0.2, 0.25) is 0 Å². The predicted octanol–water partition coefficient (Wildman–Crippen LogP) is 0.941. The number of oxazole rings is 1. The van der Waals surface area contributed by atoms with E-state index >= 15 is 0 Å². The third-order valence-corrected chi connectivity index (χ3v) is 1.04. The normalized spacial score (nSPS) is 9.40. The zero-order valence-corrected chi connectivity index (χ0v) is 5.84. The van der Waals surface area contributed by atoms with Gasteiger partial charge in [0.25, 0.3) is 0 Å². The highest BCUT2D eigenvalue weighted by molar-refractivity contribution is 5.87. The maximum absolute atomic E-state index is 10.5. The standard InChI is InChI=1S/C6H8N2O2/c1-4-6(8-5(2)9)10-3-7-4/h3H,1-2H3,(H,8,9). The number of hydrogen-bond donors (Lipinski definition) is 1. The van der Waals surface area contributed by atoms with Gasteiger partial charge in [-0.05, 0) is 6.92 Å². The Labute approximate surface area is 58.3 Å². The number of nitrogens with zero attached hydrogens (tertiary/aromatic N) is 1. The Bertz CT molecular complexity index is 242. The summed E-state index contributed by atoms with van der Waals surface area (Å²) in [6.45, 7) is 3.18. The molecule has 1 N–H and O–H groups in total. The van der Waals surface area contributed by atoms with Crippen LogP contribution < -0.4 is 5.32 Å². The number of aryl methyl sites for hydroxylation is 1. The first-order chi connectivity index (χ1) is 4.70. The first-order valence-electron chi connectivity index (χ1n) is 2.88. The minimum absolute atomic E-state index is 0.153. The molecule has 1 heterocycles. The number of hydrogen-bond acceptors (Lipinski definition) is 3. The van der Waals surface area contributed by atoms with E-state index < -0.39 is 0 Å². The van der Waals surface area contributed by atoms with Crippen molar-refractivity contribution >= 4 is 11.8 Å². The van der Waals surface area contributed by atoms with Crippen LogP contribution in [0.3, 0.4) is 0 Å². The quantitative estimate of drug-likeness (QED) is 0.631. The van der Waals surface area contributed by atoms with Crippen molar-refractivity contribution in [2.24, 2.45) is 0 Å². The number of aromatic nitrogens is 1. The largest absolute Gasteiger partial charge is 0.427 e. The molecule has 1 aromatic rings. The lowest BCUT2D eigenvalue weighted by molar-refractivity contribution is -0.114. The van der Waals surface area contributed by atoms with Crippen LogP contribution in [-0.4, -0.2) is 10.9 Å². The Morgan fingerprint density at radius 1 is 1.80 bits per heavy atom. The highest BCUT2D eigenvalue weighted by atomic mass is 16.4. The Morgan fingerprint density at radius 3 is 2.90 bits per heavy atom. The molecule has 0 saturated carbocycles. The molecule has 0 spiro atoms. The summed E-state index contributed by atoms with van der Waals surface area (Å²) >= 11 is 0. The minimum Gasteiger partial charge on any atom is -0.427 e. The zero-order chi connectivity index (χ0) is 7.56. The van der Waals surface area contributed by atoms with Gasteiger partial charge in [-0.2, -0.15) is 0 Å². The summed E-state index contributed by atoms with van der Waals surface area (Å²) in [5.74, 6) is 0.271. The Kier molecular flexibility index (Phi) is 1.71. The average Bonchev–Trinajstić information content (AvgIpc) is 2.15. The zero-order valence-electron chi connectivity index (χ0n) is 5.84. The third kappa shape index (κ3) is 1.34. The first kappa shape index (κ1) is 6.80. The Morgan fingerprint density at radius 2 is 2.50 bits per heavy atom. The van der Waals surface area contributed by atoms with Gasteiger partial charge in [0.15, 0.2) is 6.39 Å². The number of carbonyl (C=O) groups excluding carboxylic acids is 1. The summed E-state index contributed by atoms with van der Waals surface area (Å²) in [6.07, 6.45) is 1.29. The van der Waals surface area contributed by atoms with Crippen LogP contribution in [0.4, 0.5) is 5.88 Å². The fraction of sp³-hybridized carbons (Fsp3) is 0.333. The summed E-state index contributed by atoms with van der Waals surface area (Å²) in [6, 6.07) is 0. The topological polar surface area (TPSA) is 55.1 Å². The van der Waals surface area contributed by atoms with Crippen molar-refractivity contribution in [2.75, 3.05) is 5.32 Å². The molecule has 4 nitrogen and oxygen atoms in total. The van der Waals surface area contributed by atoms with Crippen LogP contribution in [0.15, 0.2) is 10.8 Å². The molecule has 4 heteroatoms. The van der Waals surface area contributed by atoms with Crippen LogP contribution >= 0.6 is 0 Å². The van der Waals surface area contributed by atoms with Gasteiger partial charge in [0.2, 0.25) is 11.8 Å². The van der Waals surface area contributed by atoms with Crippen molar-refractivity contribution < 1.29 is 9.21 Å². The molecule has 0 radical (unpaired) electrons. The first-order valence-corrected chi connectivity index (χ1v) is 2.88. The fourth-order valence-electron chi connectivity index (χ4n) is 0.582. The number of amides is 1.